The molecule has 0 saturated carbocycles. The van der Waals surface area contributed by atoms with Crippen LogP contribution in [0.25, 0.3) is 0 Å². The summed E-state index contributed by atoms with van der Waals surface area (Å²) in [5, 5.41) is 5.16. The van der Waals surface area contributed by atoms with Gasteiger partial charge in [-0.05, 0) is 49.4 Å². The molecular formula is C19H14F4N4O. The van der Waals surface area contributed by atoms with E-state index in [1.807, 2.05) is 0 Å². The third-order valence-corrected chi connectivity index (χ3v) is 3.68. The van der Waals surface area contributed by atoms with Crippen LogP contribution in [0.15, 0.2) is 54.6 Å². The molecule has 0 unspecified atom stereocenters. The SMILES string of the molecule is Cc1cc(C(=O)Nc2ccccc2F)nc(Nc2ccc(C(F)(F)F)cc2)n1. The van der Waals surface area contributed by atoms with Gasteiger partial charge >= 0.3 is 6.18 Å². The quantitative estimate of drug-likeness (QED) is 0.620. The maximum atomic E-state index is 13.7. The zero-order valence-electron chi connectivity index (χ0n) is 14.5. The average Bonchev–Trinajstić information content (AvgIpc) is 2.63. The number of aromatic nitrogens is 2. The summed E-state index contributed by atoms with van der Waals surface area (Å²) in [5.41, 5.74) is -0.0403. The molecule has 5 nitrogen and oxygen atoms in total. The van der Waals surface area contributed by atoms with Crippen molar-refractivity contribution in [3.63, 3.8) is 0 Å². The van der Waals surface area contributed by atoms with Crippen LogP contribution in [-0.4, -0.2) is 15.9 Å². The molecule has 0 fully saturated rings. The molecule has 9 heteroatoms. The van der Waals surface area contributed by atoms with Crippen LogP contribution >= 0.6 is 0 Å². The Morgan fingerprint density at radius 2 is 1.68 bits per heavy atom. The minimum Gasteiger partial charge on any atom is -0.324 e. The molecule has 3 aromatic rings. The second-order valence-electron chi connectivity index (χ2n) is 5.85. The lowest BCUT2D eigenvalue weighted by molar-refractivity contribution is -0.137. The van der Waals surface area contributed by atoms with Crippen LogP contribution < -0.4 is 10.6 Å². The highest BCUT2D eigenvalue weighted by Crippen LogP contribution is 2.30. The monoisotopic (exact) mass is 390 g/mol. The molecule has 3 rings (SSSR count). The van der Waals surface area contributed by atoms with Gasteiger partial charge in [0.15, 0.2) is 0 Å². The number of benzene rings is 2. The number of aryl methyl sites for hydroxylation is 1. The number of amides is 1. The standard InChI is InChI=1S/C19H14F4N4O/c1-11-10-16(17(28)26-15-5-3-2-4-14(15)20)27-18(24-11)25-13-8-6-12(7-9-13)19(21,22)23/h2-10H,1H3,(H,26,28)(H,24,25,27). The largest absolute Gasteiger partial charge is 0.416 e. The lowest BCUT2D eigenvalue weighted by Crippen LogP contribution is -2.16. The average molecular weight is 390 g/mol. The number of carbonyl (C=O) groups is 1. The van der Waals surface area contributed by atoms with Crippen LogP contribution in [0.2, 0.25) is 0 Å². The van der Waals surface area contributed by atoms with E-state index in [0.717, 1.165) is 12.1 Å². The molecule has 0 spiro atoms. The van der Waals surface area contributed by atoms with Crippen molar-refractivity contribution in [3.05, 3.63) is 77.4 Å². The van der Waals surface area contributed by atoms with Gasteiger partial charge < -0.3 is 10.6 Å². The summed E-state index contributed by atoms with van der Waals surface area (Å²) >= 11 is 0. The zero-order valence-corrected chi connectivity index (χ0v) is 14.5. The first-order valence-corrected chi connectivity index (χ1v) is 8.08. The maximum Gasteiger partial charge on any atom is 0.416 e. The van der Waals surface area contributed by atoms with Crippen LogP contribution in [0.3, 0.4) is 0 Å². The van der Waals surface area contributed by atoms with E-state index < -0.39 is 23.5 Å². The molecule has 28 heavy (non-hydrogen) atoms. The molecule has 0 radical (unpaired) electrons. The van der Waals surface area contributed by atoms with Crippen molar-refractivity contribution >= 4 is 23.2 Å². The summed E-state index contributed by atoms with van der Waals surface area (Å²) < 4.78 is 51.6. The van der Waals surface area contributed by atoms with Crippen LogP contribution in [0.4, 0.5) is 34.9 Å². The van der Waals surface area contributed by atoms with Gasteiger partial charge in [-0.2, -0.15) is 13.2 Å². The van der Waals surface area contributed by atoms with E-state index >= 15 is 0 Å². The van der Waals surface area contributed by atoms with Crippen molar-refractivity contribution in [2.75, 3.05) is 10.6 Å². The summed E-state index contributed by atoms with van der Waals surface area (Å²) in [4.78, 5) is 20.5. The lowest BCUT2D eigenvalue weighted by atomic mass is 10.2. The smallest absolute Gasteiger partial charge is 0.324 e. The summed E-state index contributed by atoms with van der Waals surface area (Å²) in [5.74, 6) is -1.21. The summed E-state index contributed by atoms with van der Waals surface area (Å²) in [6.07, 6.45) is -4.43. The van der Waals surface area contributed by atoms with Crippen LogP contribution in [-0.2, 0) is 6.18 Å². The van der Waals surface area contributed by atoms with Gasteiger partial charge in [0, 0.05) is 11.4 Å². The van der Waals surface area contributed by atoms with E-state index in [1.54, 1.807) is 13.0 Å². The predicted octanol–water partition coefficient (Wildman–Crippen LogP) is 4.94. The number of carbonyl (C=O) groups excluding carboxylic acids is 1. The first kappa shape index (κ1) is 19.3. The summed E-state index contributed by atoms with van der Waals surface area (Å²) in [6, 6.07) is 11.4. The van der Waals surface area contributed by atoms with Crippen molar-refractivity contribution in [1.82, 2.24) is 9.97 Å². The third kappa shape index (κ3) is 4.61. The molecule has 0 aliphatic heterocycles. The van der Waals surface area contributed by atoms with Crippen molar-refractivity contribution < 1.29 is 22.4 Å². The molecule has 0 saturated heterocycles. The number of para-hydroxylation sites is 1. The van der Waals surface area contributed by atoms with Gasteiger partial charge in [0.05, 0.1) is 11.3 Å². The molecule has 2 aromatic carbocycles. The van der Waals surface area contributed by atoms with E-state index in [9.17, 15) is 22.4 Å². The number of nitrogens with zero attached hydrogens (tertiary/aromatic N) is 2. The van der Waals surface area contributed by atoms with E-state index in [-0.39, 0.29) is 17.3 Å². The molecular weight excluding hydrogens is 376 g/mol. The minimum absolute atomic E-state index is 0.000939. The minimum atomic E-state index is -4.43. The van der Waals surface area contributed by atoms with E-state index in [4.69, 9.17) is 0 Å². The van der Waals surface area contributed by atoms with Gasteiger partial charge in [-0.15, -0.1) is 0 Å². The third-order valence-electron chi connectivity index (χ3n) is 3.68. The fourth-order valence-electron chi connectivity index (χ4n) is 2.36. The Balaban J connectivity index is 1.79. The lowest BCUT2D eigenvalue weighted by Gasteiger charge is -2.10. The predicted molar refractivity (Wildman–Crippen MR) is 95.8 cm³/mol. The van der Waals surface area contributed by atoms with Crippen LogP contribution in [0.5, 0.6) is 0 Å². The fraction of sp³-hybridized carbons (Fsp3) is 0.105. The Hall–Kier alpha value is -3.49. The van der Waals surface area contributed by atoms with Gasteiger partial charge in [-0.25, -0.2) is 14.4 Å². The Morgan fingerprint density at radius 1 is 1.00 bits per heavy atom. The number of halogens is 4. The topological polar surface area (TPSA) is 66.9 Å². The highest BCUT2D eigenvalue weighted by atomic mass is 19.4. The molecule has 0 atom stereocenters. The van der Waals surface area contributed by atoms with Gasteiger partial charge in [0.1, 0.15) is 11.5 Å². The second kappa shape index (κ2) is 7.63. The normalized spacial score (nSPS) is 11.2. The Kier molecular flexibility index (Phi) is 5.25. The van der Waals surface area contributed by atoms with Crippen molar-refractivity contribution in [3.8, 4) is 0 Å². The number of rotatable bonds is 4. The summed E-state index contributed by atoms with van der Waals surface area (Å²) in [7, 11) is 0. The van der Waals surface area contributed by atoms with Crippen molar-refractivity contribution in [2.45, 2.75) is 13.1 Å². The highest BCUT2D eigenvalue weighted by Gasteiger charge is 2.29. The number of hydrogen-bond donors (Lipinski definition) is 2. The van der Waals surface area contributed by atoms with E-state index in [2.05, 4.69) is 20.6 Å². The Bertz CT molecular complexity index is 1000. The van der Waals surface area contributed by atoms with Gasteiger partial charge in [0.25, 0.3) is 5.91 Å². The molecule has 1 aromatic heterocycles. The Morgan fingerprint density at radius 3 is 2.32 bits per heavy atom. The van der Waals surface area contributed by atoms with Crippen LogP contribution in [0, 0.1) is 12.7 Å². The first-order chi connectivity index (χ1) is 13.2. The second-order valence-corrected chi connectivity index (χ2v) is 5.85. The number of hydrogen-bond acceptors (Lipinski definition) is 4. The van der Waals surface area contributed by atoms with Gasteiger partial charge in [0.2, 0.25) is 5.95 Å². The molecule has 0 aliphatic carbocycles. The van der Waals surface area contributed by atoms with E-state index in [0.29, 0.717) is 11.4 Å². The number of alkyl halides is 3. The zero-order chi connectivity index (χ0) is 20.3. The number of anilines is 3. The molecule has 1 amide bonds. The molecule has 2 N–H and O–H groups in total. The fourth-order valence-corrected chi connectivity index (χ4v) is 2.36. The van der Waals surface area contributed by atoms with Crippen molar-refractivity contribution in [1.29, 1.82) is 0 Å². The molecule has 0 aliphatic rings. The van der Waals surface area contributed by atoms with Crippen molar-refractivity contribution in [2.24, 2.45) is 0 Å². The molecule has 0 bridgehead atoms. The van der Waals surface area contributed by atoms with Crippen LogP contribution in [0.1, 0.15) is 21.7 Å². The number of nitrogens with one attached hydrogen (secondary N) is 2. The highest BCUT2D eigenvalue weighted by molar-refractivity contribution is 6.03. The van der Waals surface area contributed by atoms with Gasteiger partial charge in [-0.3, -0.25) is 4.79 Å². The summed E-state index contributed by atoms with van der Waals surface area (Å²) in [6.45, 7) is 1.62. The molecule has 1 heterocycles. The molecule has 144 valence electrons. The van der Waals surface area contributed by atoms with E-state index in [1.165, 1.54) is 36.4 Å². The maximum absolute atomic E-state index is 13.7. The Labute approximate surface area is 157 Å². The van der Waals surface area contributed by atoms with Gasteiger partial charge in [-0.1, -0.05) is 12.1 Å². The first-order valence-electron chi connectivity index (χ1n) is 8.08.